The van der Waals surface area contributed by atoms with Crippen LogP contribution in [0.5, 0.6) is 11.5 Å². The lowest BCUT2D eigenvalue weighted by molar-refractivity contribution is 0.476. The Balaban J connectivity index is 0.00000274. The van der Waals surface area contributed by atoms with Crippen molar-refractivity contribution in [1.29, 1.82) is 0 Å². The molecule has 0 bridgehead atoms. The zero-order valence-corrected chi connectivity index (χ0v) is 19.8. The van der Waals surface area contributed by atoms with E-state index in [1.807, 2.05) is 71.3 Å². The number of anilines is 1. The van der Waals surface area contributed by atoms with E-state index >= 15 is 0 Å². The molecule has 3 aromatic carbocycles. The van der Waals surface area contributed by atoms with Crippen molar-refractivity contribution < 1.29 is 4.74 Å². The summed E-state index contributed by atoms with van der Waals surface area (Å²) in [5.41, 5.74) is 12.3. The lowest BCUT2D eigenvalue weighted by Crippen LogP contribution is -2.07. The molecule has 0 fully saturated rings. The molecule has 0 atom stereocenters. The van der Waals surface area contributed by atoms with Gasteiger partial charge < -0.3 is 15.8 Å². The molecule has 0 aliphatic carbocycles. The van der Waals surface area contributed by atoms with E-state index in [1.165, 1.54) is 11.1 Å². The Hall–Kier alpha value is -3.80. The van der Waals surface area contributed by atoms with Crippen molar-refractivity contribution in [2.45, 2.75) is 20.0 Å². The van der Waals surface area contributed by atoms with Crippen LogP contribution in [-0.2, 0) is 13.1 Å². The standard InChI is InChI=1S/C28H26N4O.ClH/c1-20-24(22-11-6-3-7-12-22)13-8-14-26(20)33-23-15-16-27-31-25(17-29)28(32(27)19-23)30-18-21-9-4-2-5-10-21;/h2-16,19,30H,17-18,29H2,1H3;1H. The van der Waals surface area contributed by atoms with Crippen LogP contribution in [0.1, 0.15) is 16.8 Å². The van der Waals surface area contributed by atoms with Gasteiger partial charge in [0.2, 0.25) is 0 Å². The van der Waals surface area contributed by atoms with Crippen molar-refractivity contribution in [2.24, 2.45) is 5.73 Å². The topological polar surface area (TPSA) is 64.6 Å². The molecule has 0 saturated heterocycles. The maximum absolute atomic E-state index is 6.33. The van der Waals surface area contributed by atoms with Crippen molar-refractivity contribution >= 4 is 23.9 Å². The van der Waals surface area contributed by atoms with E-state index < -0.39 is 0 Å². The number of aromatic nitrogens is 2. The van der Waals surface area contributed by atoms with E-state index in [9.17, 15) is 0 Å². The van der Waals surface area contributed by atoms with Gasteiger partial charge in [0.15, 0.2) is 0 Å². The first-order valence-electron chi connectivity index (χ1n) is 11.0. The Kier molecular flexibility index (Phi) is 7.16. The zero-order chi connectivity index (χ0) is 22.6. The van der Waals surface area contributed by atoms with Crippen LogP contribution in [0.2, 0.25) is 0 Å². The summed E-state index contributed by atoms with van der Waals surface area (Å²) in [7, 11) is 0. The van der Waals surface area contributed by atoms with Crippen LogP contribution in [0.3, 0.4) is 0 Å². The van der Waals surface area contributed by atoms with Gasteiger partial charge in [0, 0.05) is 13.1 Å². The minimum absolute atomic E-state index is 0. The van der Waals surface area contributed by atoms with Gasteiger partial charge in [0.05, 0.1) is 11.9 Å². The molecule has 5 rings (SSSR count). The number of nitrogens with two attached hydrogens (primary N) is 1. The maximum Gasteiger partial charge on any atom is 0.144 e. The van der Waals surface area contributed by atoms with Crippen LogP contribution in [0.15, 0.2) is 97.2 Å². The highest BCUT2D eigenvalue weighted by Gasteiger charge is 2.13. The fourth-order valence-corrected chi connectivity index (χ4v) is 4.03. The number of nitrogens with zero attached hydrogens (tertiary/aromatic N) is 2. The number of ether oxygens (including phenoxy) is 1. The van der Waals surface area contributed by atoms with E-state index in [1.54, 1.807) is 0 Å². The summed E-state index contributed by atoms with van der Waals surface area (Å²) < 4.78 is 8.34. The highest BCUT2D eigenvalue weighted by molar-refractivity contribution is 5.85. The summed E-state index contributed by atoms with van der Waals surface area (Å²) >= 11 is 0. The van der Waals surface area contributed by atoms with Gasteiger partial charge >= 0.3 is 0 Å². The van der Waals surface area contributed by atoms with Crippen molar-refractivity contribution in [3.05, 3.63) is 114 Å². The Morgan fingerprint density at radius 1 is 0.882 bits per heavy atom. The third kappa shape index (κ3) is 4.76. The number of imidazole rings is 1. The number of fused-ring (bicyclic) bond motifs is 1. The van der Waals surface area contributed by atoms with E-state index in [2.05, 4.69) is 47.6 Å². The monoisotopic (exact) mass is 470 g/mol. The summed E-state index contributed by atoms with van der Waals surface area (Å²) in [6, 6.07) is 30.7. The summed E-state index contributed by atoms with van der Waals surface area (Å²) in [5.74, 6) is 2.45. The summed E-state index contributed by atoms with van der Waals surface area (Å²) in [6.45, 7) is 3.13. The molecule has 2 aromatic heterocycles. The van der Waals surface area contributed by atoms with Gasteiger partial charge in [0.1, 0.15) is 23.0 Å². The van der Waals surface area contributed by atoms with Gasteiger partial charge in [-0.25, -0.2) is 4.98 Å². The second-order valence-corrected chi connectivity index (χ2v) is 7.94. The average Bonchev–Trinajstić information content (AvgIpc) is 3.22. The molecule has 0 aliphatic heterocycles. The van der Waals surface area contributed by atoms with E-state index in [-0.39, 0.29) is 12.4 Å². The summed E-state index contributed by atoms with van der Waals surface area (Å²) in [5, 5.41) is 3.50. The Bertz CT molecular complexity index is 1380. The quantitative estimate of drug-likeness (QED) is 0.281. The molecule has 0 saturated carbocycles. The molecule has 3 N–H and O–H groups in total. The molecule has 2 heterocycles. The minimum Gasteiger partial charge on any atom is -0.456 e. The molecule has 172 valence electrons. The second kappa shape index (κ2) is 10.4. The van der Waals surface area contributed by atoms with Crippen LogP contribution >= 0.6 is 12.4 Å². The van der Waals surface area contributed by atoms with Crippen LogP contribution < -0.4 is 15.8 Å². The highest BCUT2D eigenvalue weighted by Crippen LogP contribution is 2.33. The third-order valence-electron chi connectivity index (χ3n) is 5.76. The average molecular weight is 471 g/mol. The largest absolute Gasteiger partial charge is 0.456 e. The van der Waals surface area contributed by atoms with Gasteiger partial charge in [0.25, 0.3) is 0 Å². The molecule has 6 heteroatoms. The van der Waals surface area contributed by atoms with Gasteiger partial charge in [-0.05, 0) is 47.4 Å². The van der Waals surface area contributed by atoms with Crippen molar-refractivity contribution in [3.63, 3.8) is 0 Å². The maximum atomic E-state index is 6.33. The normalized spacial score (nSPS) is 10.6. The van der Waals surface area contributed by atoms with Gasteiger partial charge in [-0.3, -0.25) is 4.40 Å². The van der Waals surface area contributed by atoms with Crippen molar-refractivity contribution in [3.8, 4) is 22.6 Å². The third-order valence-corrected chi connectivity index (χ3v) is 5.76. The minimum atomic E-state index is 0. The highest BCUT2D eigenvalue weighted by atomic mass is 35.5. The van der Waals surface area contributed by atoms with Crippen LogP contribution in [0.4, 0.5) is 5.82 Å². The zero-order valence-electron chi connectivity index (χ0n) is 18.9. The molecule has 0 aliphatic rings. The van der Waals surface area contributed by atoms with Gasteiger partial charge in [-0.15, -0.1) is 12.4 Å². The molecule has 0 spiro atoms. The van der Waals surface area contributed by atoms with Gasteiger partial charge in [-0.1, -0.05) is 72.8 Å². The molecule has 0 unspecified atom stereocenters. The summed E-state index contributed by atoms with van der Waals surface area (Å²) in [6.07, 6.45) is 1.96. The molecule has 34 heavy (non-hydrogen) atoms. The number of pyridine rings is 1. The SMILES string of the molecule is Cc1c(Oc2ccc3nc(CN)c(NCc4ccccc4)n3c2)cccc1-c1ccccc1.Cl. The molecule has 0 radical (unpaired) electrons. The Morgan fingerprint density at radius 2 is 1.62 bits per heavy atom. The Labute approximate surface area is 205 Å². The first-order valence-corrected chi connectivity index (χ1v) is 11.0. The predicted molar refractivity (Wildman–Crippen MR) is 141 cm³/mol. The lowest BCUT2D eigenvalue weighted by atomic mass is 10.00. The van der Waals surface area contributed by atoms with Crippen molar-refractivity contribution in [1.82, 2.24) is 9.38 Å². The number of nitrogens with one attached hydrogen (secondary N) is 1. The van der Waals surface area contributed by atoms with Crippen LogP contribution in [0.25, 0.3) is 16.8 Å². The number of halogens is 1. The van der Waals surface area contributed by atoms with E-state index in [0.717, 1.165) is 39.8 Å². The fraction of sp³-hybridized carbons (Fsp3) is 0.107. The molecule has 5 nitrogen and oxygen atoms in total. The fourth-order valence-electron chi connectivity index (χ4n) is 4.03. The molecular formula is C28H27ClN4O. The van der Waals surface area contributed by atoms with Crippen molar-refractivity contribution in [2.75, 3.05) is 5.32 Å². The number of rotatable bonds is 7. The predicted octanol–water partition coefficient (Wildman–Crippen LogP) is 6.59. The molecular weight excluding hydrogens is 444 g/mol. The van der Waals surface area contributed by atoms with Crippen LogP contribution in [0, 0.1) is 6.92 Å². The lowest BCUT2D eigenvalue weighted by Gasteiger charge is -2.14. The number of hydrogen-bond acceptors (Lipinski definition) is 4. The second-order valence-electron chi connectivity index (χ2n) is 7.94. The Morgan fingerprint density at radius 3 is 2.35 bits per heavy atom. The number of benzene rings is 3. The smallest absolute Gasteiger partial charge is 0.144 e. The first kappa shape index (κ1) is 23.4. The first-order chi connectivity index (χ1) is 16.2. The molecule has 5 aromatic rings. The molecule has 0 amide bonds. The van der Waals surface area contributed by atoms with Gasteiger partial charge in [-0.2, -0.15) is 0 Å². The van der Waals surface area contributed by atoms with Crippen LogP contribution in [-0.4, -0.2) is 9.38 Å². The van der Waals surface area contributed by atoms with E-state index in [0.29, 0.717) is 13.1 Å². The summed E-state index contributed by atoms with van der Waals surface area (Å²) in [4.78, 5) is 4.68. The van der Waals surface area contributed by atoms with E-state index in [4.69, 9.17) is 10.5 Å². The number of hydrogen-bond donors (Lipinski definition) is 2.